The predicted molar refractivity (Wildman–Crippen MR) is 49.2 cm³/mol. The number of hydrogen-bond acceptors (Lipinski definition) is 2. The number of carbonyl (C=O) groups excluding carboxylic acids is 1. The van der Waals surface area contributed by atoms with Crippen molar-refractivity contribution in [2.24, 2.45) is 11.3 Å². The van der Waals surface area contributed by atoms with E-state index in [1.165, 1.54) is 0 Å². The molecule has 3 unspecified atom stereocenters. The number of carbonyl (C=O) groups is 1. The minimum Gasteiger partial charge on any atom is -0.300 e. The second-order valence-corrected chi connectivity index (χ2v) is 4.27. The van der Waals surface area contributed by atoms with Gasteiger partial charge in [0, 0.05) is 12.0 Å². The zero-order valence-electron chi connectivity index (χ0n) is 7.35. The van der Waals surface area contributed by atoms with Crippen LogP contribution >= 0.6 is 9.39 Å². The van der Waals surface area contributed by atoms with E-state index >= 15 is 0 Å². The van der Waals surface area contributed by atoms with Crippen molar-refractivity contribution >= 4 is 15.2 Å². The van der Waals surface area contributed by atoms with Crippen molar-refractivity contribution in [3.63, 3.8) is 0 Å². The van der Waals surface area contributed by atoms with Crippen LogP contribution in [0.3, 0.4) is 0 Å². The van der Waals surface area contributed by atoms with Gasteiger partial charge in [0.05, 0.1) is 0 Å². The van der Waals surface area contributed by atoms with Gasteiger partial charge in [-0.2, -0.15) is 0 Å². The number of rotatable bonds is 2. The molecule has 0 aromatic carbocycles. The Morgan fingerprint density at radius 3 is 2.45 bits per heavy atom. The second-order valence-electron chi connectivity index (χ2n) is 3.94. The molecule has 1 saturated carbocycles. The van der Waals surface area contributed by atoms with Crippen molar-refractivity contribution in [1.29, 1.82) is 0 Å². The zero-order valence-corrected chi connectivity index (χ0v) is 8.50. The third kappa shape index (κ3) is 1.34. The Labute approximate surface area is 70.4 Å². The van der Waals surface area contributed by atoms with Crippen molar-refractivity contribution < 1.29 is 4.79 Å². The third-order valence-corrected chi connectivity index (χ3v) is 3.36. The van der Waals surface area contributed by atoms with E-state index in [2.05, 4.69) is 28.3 Å². The average Bonchev–Trinajstić information content (AvgIpc) is 1.85. The fourth-order valence-corrected chi connectivity index (χ4v) is 2.46. The molecule has 0 saturated heterocycles. The summed E-state index contributed by atoms with van der Waals surface area (Å²) >= 11 is 0. The molecule has 64 valence electrons. The molecule has 1 aliphatic rings. The summed E-state index contributed by atoms with van der Waals surface area (Å²) < 4.78 is 0. The normalized spacial score (nSPS) is 34.5. The highest BCUT2D eigenvalue weighted by molar-refractivity contribution is 7.13. The number of nitrogens with one attached hydrogen (secondary N) is 1. The van der Waals surface area contributed by atoms with E-state index < -0.39 is 0 Å². The maximum Gasteiger partial charge on any atom is 0.133 e. The van der Waals surface area contributed by atoms with E-state index in [9.17, 15) is 4.79 Å². The summed E-state index contributed by atoms with van der Waals surface area (Å²) in [6, 6.07) is 0.487. The lowest BCUT2D eigenvalue weighted by Crippen LogP contribution is -2.56. The fourth-order valence-electron chi connectivity index (χ4n) is 1.90. The van der Waals surface area contributed by atoms with Gasteiger partial charge in [-0.1, -0.05) is 23.2 Å². The van der Waals surface area contributed by atoms with Gasteiger partial charge in [0.25, 0.3) is 0 Å². The van der Waals surface area contributed by atoms with Crippen molar-refractivity contribution in [2.75, 3.05) is 0 Å². The Balaban J connectivity index is 2.61. The third-order valence-electron chi connectivity index (χ3n) is 2.96. The van der Waals surface area contributed by atoms with Crippen LogP contribution in [0, 0.1) is 11.3 Å². The molecule has 1 N–H and O–H groups in total. The van der Waals surface area contributed by atoms with Gasteiger partial charge in [-0.05, 0) is 18.8 Å². The van der Waals surface area contributed by atoms with Crippen LogP contribution in [0.1, 0.15) is 27.2 Å². The van der Waals surface area contributed by atoms with Crippen LogP contribution in [0.2, 0.25) is 0 Å². The van der Waals surface area contributed by atoms with Crippen LogP contribution in [0.25, 0.3) is 0 Å². The monoisotopic (exact) mass is 173 g/mol. The molecule has 1 fully saturated rings. The van der Waals surface area contributed by atoms with Crippen molar-refractivity contribution in [1.82, 2.24) is 5.09 Å². The van der Waals surface area contributed by atoms with E-state index in [-0.39, 0.29) is 11.3 Å². The number of Topliss-reactive ketones (excluding diaryl/α,β-unsaturated/α-hetero) is 1. The molecule has 0 aliphatic heterocycles. The first-order valence-corrected chi connectivity index (χ1v) is 4.54. The second kappa shape index (κ2) is 2.84. The lowest BCUT2D eigenvalue weighted by atomic mass is 9.57. The first-order chi connectivity index (χ1) is 5.00. The first kappa shape index (κ1) is 9.15. The molecular weight excluding hydrogens is 157 g/mol. The summed E-state index contributed by atoms with van der Waals surface area (Å²) in [5.74, 6) is 0.590. The molecule has 0 aromatic heterocycles. The minimum atomic E-state index is 0.146. The maximum atomic E-state index is 11.1. The molecule has 0 spiro atoms. The summed E-state index contributed by atoms with van der Waals surface area (Å²) in [5.41, 5.74) is 0.146. The van der Waals surface area contributed by atoms with Crippen LogP contribution in [-0.4, -0.2) is 11.8 Å². The minimum absolute atomic E-state index is 0.146. The Morgan fingerprint density at radius 1 is 1.64 bits per heavy atom. The quantitative estimate of drug-likeness (QED) is 0.639. The van der Waals surface area contributed by atoms with Crippen molar-refractivity contribution in [3.05, 3.63) is 0 Å². The van der Waals surface area contributed by atoms with Gasteiger partial charge >= 0.3 is 0 Å². The molecule has 0 aromatic rings. The highest BCUT2D eigenvalue weighted by Gasteiger charge is 2.49. The van der Waals surface area contributed by atoms with E-state index in [0.29, 0.717) is 11.8 Å². The van der Waals surface area contributed by atoms with E-state index in [1.54, 1.807) is 6.92 Å². The number of ketones is 1. The Hall–Kier alpha value is 0.0600. The maximum absolute atomic E-state index is 11.1. The average molecular weight is 173 g/mol. The molecule has 0 amide bonds. The Morgan fingerprint density at radius 2 is 2.18 bits per heavy atom. The van der Waals surface area contributed by atoms with Gasteiger partial charge in [-0.15, -0.1) is 0 Å². The Kier molecular flexibility index (Phi) is 2.36. The largest absolute Gasteiger partial charge is 0.300 e. The van der Waals surface area contributed by atoms with Crippen molar-refractivity contribution in [2.45, 2.75) is 33.2 Å². The first-order valence-electron chi connectivity index (χ1n) is 3.96. The van der Waals surface area contributed by atoms with Gasteiger partial charge in [0.1, 0.15) is 5.78 Å². The molecule has 0 bridgehead atoms. The van der Waals surface area contributed by atoms with E-state index in [0.717, 1.165) is 6.42 Å². The highest BCUT2D eigenvalue weighted by Crippen LogP contribution is 2.46. The standard InChI is InChI=1S/C8H16NOP/c1-5(10)6-4-7(9-11)8(6,2)3/h6-7,9H,4,11H2,1-3H3. The molecule has 0 heterocycles. The summed E-state index contributed by atoms with van der Waals surface area (Å²) in [4.78, 5) is 11.1. The van der Waals surface area contributed by atoms with Gasteiger partial charge in [0.2, 0.25) is 0 Å². The Bertz CT molecular complexity index is 179. The summed E-state index contributed by atoms with van der Waals surface area (Å²) in [6.45, 7) is 5.97. The molecule has 3 heteroatoms. The van der Waals surface area contributed by atoms with Gasteiger partial charge in [-0.3, -0.25) is 9.88 Å². The zero-order chi connectivity index (χ0) is 8.65. The van der Waals surface area contributed by atoms with Gasteiger partial charge < -0.3 is 0 Å². The van der Waals surface area contributed by atoms with E-state index in [4.69, 9.17) is 0 Å². The molecular formula is C8H16NOP. The topological polar surface area (TPSA) is 29.1 Å². The highest BCUT2D eigenvalue weighted by atomic mass is 31.0. The summed E-state index contributed by atoms with van der Waals surface area (Å²) in [6.07, 6.45) is 0.992. The molecule has 1 aliphatic carbocycles. The smallest absolute Gasteiger partial charge is 0.133 e. The fraction of sp³-hybridized carbons (Fsp3) is 0.875. The SMILES string of the molecule is CC(=O)C1CC(NP)C1(C)C. The molecule has 2 nitrogen and oxygen atoms in total. The lowest BCUT2D eigenvalue weighted by Gasteiger charge is -2.50. The lowest BCUT2D eigenvalue weighted by molar-refractivity contribution is -0.131. The molecule has 3 atom stereocenters. The van der Waals surface area contributed by atoms with Crippen LogP contribution in [0.4, 0.5) is 0 Å². The molecule has 11 heavy (non-hydrogen) atoms. The summed E-state index contributed by atoms with van der Waals surface area (Å²) in [7, 11) is 2.52. The van der Waals surface area contributed by atoms with E-state index in [1.807, 2.05) is 0 Å². The predicted octanol–water partition coefficient (Wildman–Crippen LogP) is 1.37. The number of hydrogen-bond donors (Lipinski definition) is 1. The molecule has 0 radical (unpaired) electrons. The van der Waals surface area contributed by atoms with Crippen LogP contribution in [0.5, 0.6) is 0 Å². The van der Waals surface area contributed by atoms with Gasteiger partial charge in [0.15, 0.2) is 0 Å². The van der Waals surface area contributed by atoms with Crippen LogP contribution in [0.15, 0.2) is 0 Å². The van der Waals surface area contributed by atoms with Crippen LogP contribution in [-0.2, 0) is 4.79 Å². The summed E-state index contributed by atoms with van der Waals surface area (Å²) in [5, 5.41) is 3.14. The van der Waals surface area contributed by atoms with Gasteiger partial charge in [-0.25, -0.2) is 0 Å². The van der Waals surface area contributed by atoms with Crippen molar-refractivity contribution in [3.8, 4) is 0 Å². The van der Waals surface area contributed by atoms with Crippen LogP contribution < -0.4 is 5.09 Å². The molecule has 1 rings (SSSR count).